The maximum atomic E-state index is 13.2. The second-order valence-corrected chi connectivity index (χ2v) is 9.15. The molecule has 0 radical (unpaired) electrons. The molecule has 2 amide bonds. The molecule has 3 aliphatic rings. The van der Waals surface area contributed by atoms with Gasteiger partial charge >= 0.3 is 5.97 Å². The molecule has 4 rings (SSSR count). The summed E-state index contributed by atoms with van der Waals surface area (Å²) in [5.41, 5.74) is 1.50. The Balaban J connectivity index is 1.62. The lowest BCUT2D eigenvalue weighted by molar-refractivity contribution is -0.146. The van der Waals surface area contributed by atoms with Gasteiger partial charge in [-0.05, 0) is 37.2 Å². The minimum absolute atomic E-state index is 0.0498. The second-order valence-electron chi connectivity index (χ2n) is 7.93. The molecule has 2 N–H and O–H groups in total. The number of carboxylic acids is 1. The van der Waals surface area contributed by atoms with E-state index < -0.39 is 17.8 Å². The van der Waals surface area contributed by atoms with Crippen LogP contribution in [0, 0.1) is 30.6 Å². The van der Waals surface area contributed by atoms with Crippen molar-refractivity contribution in [1.82, 2.24) is 4.90 Å². The summed E-state index contributed by atoms with van der Waals surface area (Å²) in [6.07, 6.45) is 5.28. The van der Waals surface area contributed by atoms with E-state index in [-0.39, 0.29) is 23.7 Å². The Morgan fingerprint density at radius 1 is 1.21 bits per heavy atom. The number of allylic oxidation sites excluding steroid dienone is 2. The number of carbonyl (C=O) groups is 3. The first-order chi connectivity index (χ1) is 13.9. The van der Waals surface area contributed by atoms with E-state index in [1.807, 2.05) is 26.0 Å². The molecule has 2 aliphatic carbocycles. The standard InChI is InChI=1S/C21H26N2O5S/c1-3-14-11(2)29-19(17(14)20(25)23-6-8-28-9-7-23)22-18(24)15-12-4-5-13(10-12)16(15)21(26)27/h4-5,12-13,15-16H,3,6-10H2,1-2H3,(H,22,24)(H,26,27)/t12-,13-,15+,16-/m0/s1. The first-order valence-corrected chi connectivity index (χ1v) is 10.9. The Bertz CT molecular complexity index is 871. The van der Waals surface area contributed by atoms with Crippen LogP contribution >= 0.6 is 11.3 Å². The van der Waals surface area contributed by atoms with Gasteiger partial charge in [-0.2, -0.15) is 0 Å². The SMILES string of the molecule is CCc1c(C)sc(NC(=O)[C@H]2[C@@H](C(=O)O)[C@H]3C=C[C@H]2C3)c1C(=O)N1CCOCC1. The Morgan fingerprint density at radius 3 is 2.48 bits per heavy atom. The van der Waals surface area contributed by atoms with E-state index in [1.54, 1.807) is 4.90 Å². The normalized spacial score (nSPS) is 28.0. The van der Waals surface area contributed by atoms with Gasteiger partial charge < -0.3 is 20.1 Å². The molecule has 1 saturated heterocycles. The van der Waals surface area contributed by atoms with Crippen LogP contribution < -0.4 is 5.32 Å². The number of aliphatic carboxylic acids is 1. The van der Waals surface area contributed by atoms with Crippen LogP contribution in [0.4, 0.5) is 5.00 Å². The number of nitrogens with zero attached hydrogens (tertiary/aromatic N) is 1. The number of rotatable bonds is 5. The van der Waals surface area contributed by atoms with E-state index in [1.165, 1.54) is 11.3 Å². The number of fused-ring (bicyclic) bond motifs is 2. The van der Waals surface area contributed by atoms with Gasteiger partial charge in [-0.1, -0.05) is 19.1 Å². The first-order valence-electron chi connectivity index (χ1n) is 10.1. The fraction of sp³-hybridized carbons (Fsp3) is 0.571. The molecule has 1 aliphatic heterocycles. The predicted octanol–water partition coefficient (Wildman–Crippen LogP) is 2.55. The zero-order valence-electron chi connectivity index (χ0n) is 16.6. The summed E-state index contributed by atoms with van der Waals surface area (Å²) in [6.45, 7) is 6.03. The number of carbonyl (C=O) groups excluding carboxylic acids is 2. The van der Waals surface area contributed by atoms with Gasteiger partial charge in [-0.15, -0.1) is 11.3 Å². The Hall–Kier alpha value is -2.19. The van der Waals surface area contributed by atoms with Crippen molar-refractivity contribution < 1.29 is 24.2 Å². The highest BCUT2D eigenvalue weighted by Gasteiger charge is 2.51. The number of hydrogen-bond acceptors (Lipinski definition) is 5. The Kier molecular flexibility index (Phi) is 5.48. The van der Waals surface area contributed by atoms with E-state index in [0.29, 0.717) is 49.7 Å². The number of thiophene rings is 1. The quantitative estimate of drug-likeness (QED) is 0.717. The van der Waals surface area contributed by atoms with Crippen LogP contribution in [0.15, 0.2) is 12.2 Å². The van der Waals surface area contributed by atoms with Crippen LogP contribution in [0.25, 0.3) is 0 Å². The molecule has 0 aromatic carbocycles. The third-order valence-electron chi connectivity index (χ3n) is 6.36. The minimum atomic E-state index is -0.928. The number of amides is 2. The van der Waals surface area contributed by atoms with Crippen LogP contribution in [-0.4, -0.2) is 54.1 Å². The summed E-state index contributed by atoms with van der Waals surface area (Å²) in [5, 5.41) is 13.1. The van der Waals surface area contributed by atoms with Crippen LogP contribution in [0.5, 0.6) is 0 Å². The highest BCUT2D eigenvalue weighted by molar-refractivity contribution is 7.16. The van der Waals surface area contributed by atoms with Gasteiger partial charge in [0.1, 0.15) is 5.00 Å². The van der Waals surface area contributed by atoms with Crippen molar-refractivity contribution in [3.63, 3.8) is 0 Å². The first kappa shape index (κ1) is 20.1. The van der Waals surface area contributed by atoms with Crippen molar-refractivity contribution in [3.8, 4) is 0 Å². The maximum Gasteiger partial charge on any atom is 0.307 e. The molecule has 8 heteroatoms. The van der Waals surface area contributed by atoms with Crippen molar-refractivity contribution in [1.29, 1.82) is 0 Å². The van der Waals surface area contributed by atoms with Crippen molar-refractivity contribution in [3.05, 3.63) is 28.2 Å². The van der Waals surface area contributed by atoms with Gasteiger partial charge in [-0.25, -0.2) is 0 Å². The molecular weight excluding hydrogens is 392 g/mol. The molecule has 2 fully saturated rings. The number of aryl methyl sites for hydroxylation is 1. The van der Waals surface area contributed by atoms with Gasteiger partial charge in [0.05, 0.1) is 30.6 Å². The minimum Gasteiger partial charge on any atom is -0.481 e. The highest BCUT2D eigenvalue weighted by Crippen LogP contribution is 2.49. The summed E-state index contributed by atoms with van der Waals surface area (Å²) in [4.78, 5) is 40.9. The lowest BCUT2D eigenvalue weighted by atomic mass is 9.82. The summed E-state index contributed by atoms with van der Waals surface area (Å²) in [6, 6.07) is 0. The van der Waals surface area contributed by atoms with Crippen molar-refractivity contribution in [2.45, 2.75) is 26.7 Å². The Labute approximate surface area is 173 Å². The molecule has 29 heavy (non-hydrogen) atoms. The zero-order valence-corrected chi connectivity index (χ0v) is 17.5. The van der Waals surface area contributed by atoms with Crippen molar-refractivity contribution in [2.24, 2.45) is 23.7 Å². The monoisotopic (exact) mass is 418 g/mol. The van der Waals surface area contributed by atoms with Crippen LogP contribution in [0.1, 0.15) is 34.1 Å². The summed E-state index contributed by atoms with van der Waals surface area (Å²) in [7, 11) is 0. The largest absolute Gasteiger partial charge is 0.481 e. The average Bonchev–Trinajstić information content (AvgIpc) is 3.40. The lowest BCUT2D eigenvalue weighted by Crippen LogP contribution is -2.41. The van der Waals surface area contributed by atoms with E-state index in [2.05, 4.69) is 5.32 Å². The summed E-state index contributed by atoms with van der Waals surface area (Å²) < 4.78 is 5.35. The van der Waals surface area contributed by atoms with Crippen LogP contribution in [0.3, 0.4) is 0 Å². The number of nitrogens with one attached hydrogen (secondary N) is 1. The molecule has 7 nitrogen and oxygen atoms in total. The van der Waals surface area contributed by atoms with Gasteiger partial charge in [0, 0.05) is 18.0 Å². The summed E-state index contributed by atoms with van der Waals surface area (Å²) >= 11 is 1.40. The molecule has 4 atom stereocenters. The zero-order chi connectivity index (χ0) is 20.7. The molecule has 2 heterocycles. The van der Waals surface area contributed by atoms with Crippen molar-refractivity contribution >= 4 is 34.1 Å². The summed E-state index contributed by atoms with van der Waals surface area (Å²) in [5.74, 6) is -2.74. The van der Waals surface area contributed by atoms with E-state index in [0.717, 1.165) is 10.4 Å². The molecule has 1 saturated carbocycles. The fourth-order valence-electron chi connectivity index (χ4n) is 4.95. The molecular formula is C21H26N2O5S. The van der Waals surface area contributed by atoms with E-state index >= 15 is 0 Å². The number of anilines is 1. The fourth-order valence-corrected chi connectivity index (χ4v) is 6.09. The third kappa shape index (κ3) is 3.48. The highest BCUT2D eigenvalue weighted by atomic mass is 32.1. The molecule has 156 valence electrons. The topological polar surface area (TPSA) is 95.9 Å². The number of morpholine rings is 1. The van der Waals surface area contributed by atoms with Crippen molar-refractivity contribution in [2.75, 3.05) is 31.6 Å². The van der Waals surface area contributed by atoms with E-state index in [4.69, 9.17) is 4.74 Å². The number of carboxylic acid groups (broad SMARTS) is 1. The molecule has 1 aromatic rings. The predicted molar refractivity (Wildman–Crippen MR) is 109 cm³/mol. The third-order valence-corrected chi connectivity index (χ3v) is 7.42. The second kappa shape index (κ2) is 7.91. The number of ether oxygens (including phenoxy) is 1. The molecule has 0 unspecified atom stereocenters. The van der Waals surface area contributed by atoms with Gasteiger partial charge in [-0.3, -0.25) is 14.4 Å². The van der Waals surface area contributed by atoms with Crippen LogP contribution in [0.2, 0.25) is 0 Å². The maximum absolute atomic E-state index is 13.2. The van der Waals surface area contributed by atoms with E-state index in [9.17, 15) is 19.5 Å². The van der Waals surface area contributed by atoms with Gasteiger partial charge in [0.15, 0.2) is 0 Å². The number of hydrogen-bond donors (Lipinski definition) is 2. The van der Waals surface area contributed by atoms with Gasteiger partial charge in [0.2, 0.25) is 5.91 Å². The smallest absolute Gasteiger partial charge is 0.307 e. The lowest BCUT2D eigenvalue weighted by Gasteiger charge is -2.28. The molecule has 2 bridgehead atoms. The van der Waals surface area contributed by atoms with Gasteiger partial charge in [0.25, 0.3) is 5.91 Å². The average molecular weight is 419 g/mol. The molecule has 1 aromatic heterocycles. The Morgan fingerprint density at radius 2 is 1.86 bits per heavy atom. The van der Waals surface area contributed by atoms with Crippen LogP contribution in [-0.2, 0) is 20.7 Å². The molecule has 0 spiro atoms.